The highest BCUT2D eigenvalue weighted by atomic mass is 16.2. The second-order valence-corrected chi connectivity index (χ2v) is 5.57. The van der Waals surface area contributed by atoms with Gasteiger partial charge >= 0.3 is 0 Å². The van der Waals surface area contributed by atoms with Gasteiger partial charge in [0, 0.05) is 38.5 Å². The van der Waals surface area contributed by atoms with Crippen molar-refractivity contribution in [2.24, 2.45) is 0 Å². The summed E-state index contributed by atoms with van der Waals surface area (Å²) in [5.74, 6) is 0.266. The van der Waals surface area contributed by atoms with Crippen molar-refractivity contribution in [2.45, 2.75) is 44.3 Å². The van der Waals surface area contributed by atoms with Gasteiger partial charge in [-0.2, -0.15) is 5.10 Å². The van der Waals surface area contributed by atoms with E-state index in [4.69, 9.17) is 0 Å². The van der Waals surface area contributed by atoms with Crippen molar-refractivity contribution in [3.8, 4) is 0 Å². The first kappa shape index (κ1) is 13.1. The smallest absolute Gasteiger partial charge is 0.225 e. The number of aryl methyl sites for hydroxylation is 1. The molecular formula is C13H19N5O2. The fourth-order valence-corrected chi connectivity index (χ4v) is 3.21. The number of likely N-dealkylation sites (N-methyl/N-ethyl adjacent to an activating group) is 1. The Balaban J connectivity index is 1.66. The zero-order valence-electron chi connectivity index (χ0n) is 11.6. The number of rotatable bonds is 3. The van der Waals surface area contributed by atoms with Crippen LogP contribution in [0.25, 0.3) is 0 Å². The van der Waals surface area contributed by atoms with Gasteiger partial charge in [0.25, 0.3) is 0 Å². The number of hydrogen-bond acceptors (Lipinski definition) is 4. The Labute approximate surface area is 117 Å². The lowest BCUT2D eigenvalue weighted by Gasteiger charge is -2.28. The van der Waals surface area contributed by atoms with Gasteiger partial charge in [-0.15, -0.1) is 0 Å². The normalized spacial score (nSPS) is 25.9. The van der Waals surface area contributed by atoms with Crippen LogP contribution in [0.5, 0.6) is 0 Å². The summed E-state index contributed by atoms with van der Waals surface area (Å²) in [7, 11) is 1.82. The molecule has 3 heterocycles. The monoisotopic (exact) mass is 277 g/mol. The summed E-state index contributed by atoms with van der Waals surface area (Å²) in [5.41, 5.74) is 0. The van der Waals surface area contributed by atoms with Crippen LogP contribution in [0.2, 0.25) is 0 Å². The van der Waals surface area contributed by atoms with Gasteiger partial charge in [0.1, 0.15) is 12.7 Å². The maximum atomic E-state index is 12.5. The van der Waals surface area contributed by atoms with Crippen LogP contribution in [0, 0.1) is 0 Å². The predicted octanol–water partition coefficient (Wildman–Crippen LogP) is -0.110. The molecule has 20 heavy (non-hydrogen) atoms. The summed E-state index contributed by atoms with van der Waals surface area (Å²) in [4.78, 5) is 31.9. The highest BCUT2D eigenvalue weighted by Gasteiger charge is 2.41. The van der Waals surface area contributed by atoms with E-state index in [1.165, 1.54) is 6.33 Å². The van der Waals surface area contributed by atoms with Gasteiger partial charge in [0.05, 0.1) is 6.54 Å². The molecule has 7 heteroatoms. The fourth-order valence-electron chi connectivity index (χ4n) is 3.21. The van der Waals surface area contributed by atoms with Crippen LogP contribution in [0.15, 0.2) is 12.7 Å². The van der Waals surface area contributed by atoms with Crippen LogP contribution in [0.4, 0.5) is 0 Å². The van der Waals surface area contributed by atoms with Crippen LogP contribution in [0.1, 0.15) is 25.7 Å². The molecule has 0 aliphatic carbocycles. The molecule has 2 aliphatic heterocycles. The Hall–Kier alpha value is -1.92. The van der Waals surface area contributed by atoms with Crippen LogP contribution in [-0.2, 0) is 16.1 Å². The third kappa shape index (κ3) is 2.39. The topological polar surface area (TPSA) is 71.3 Å². The molecule has 0 radical (unpaired) electrons. The van der Waals surface area contributed by atoms with E-state index >= 15 is 0 Å². The summed E-state index contributed by atoms with van der Waals surface area (Å²) in [6.45, 7) is 1.20. The molecule has 0 unspecified atom stereocenters. The Morgan fingerprint density at radius 3 is 2.95 bits per heavy atom. The molecule has 0 aromatic carbocycles. The summed E-state index contributed by atoms with van der Waals surface area (Å²) < 4.78 is 1.66. The summed E-state index contributed by atoms with van der Waals surface area (Å²) in [6.07, 6.45) is 5.89. The second-order valence-electron chi connectivity index (χ2n) is 5.57. The SMILES string of the molecule is CN1C[C@@H]2CC[C@H](CC1=O)N2C(=O)CCn1cncn1. The van der Waals surface area contributed by atoms with Crippen LogP contribution < -0.4 is 0 Å². The van der Waals surface area contributed by atoms with Gasteiger partial charge < -0.3 is 9.80 Å². The van der Waals surface area contributed by atoms with Crippen molar-refractivity contribution < 1.29 is 9.59 Å². The number of aromatic nitrogens is 3. The molecule has 7 nitrogen and oxygen atoms in total. The van der Waals surface area contributed by atoms with E-state index in [9.17, 15) is 9.59 Å². The molecular weight excluding hydrogens is 258 g/mol. The van der Waals surface area contributed by atoms with E-state index < -0.39 is 0 Å². The van der Waals surface area contributed by atoms with Crippen molar-refractivity contribution in [3.05, 3.63) is 12.7 Å². The van der Waals surface area contributed by atoms with E-state index in [0.29, 0.717) is 25.9 Å². The molecule has 0 saturated carbocycles. The molecule has 2 atom stereocenters. The number of carbonyl (C=O) groups is 2. The molecule has 2 bridgehead atoms. The first-order chi connectivity index (χ1) is 9.65. The molecule has 2 fully saturated rings. The van der Waals surface area contributed by atoms with Crippen molar-refractivity contribution >= 4 is 11.8 Å². The first-order valence-corrected chi connectivity index (χ1v) is 7.02. The minimum absolute atomic E-state index is 0.0840. The molecule has 1 aromatic rings. The molecule has 2 saturated heterocycles. The number of nitrogens with zero attached hydrogens (tertiary/aromatic N) is 5. The maximum Gasteiger partial charge on any atom is 0.225 e. The molecule has 108 valence electrons. The van der Waals surface area contributed by atoms with E-state index in [1.807, 2.05) is 11.9 Å². The highest BCUT2D eigenvalue weighted by molar-refractivity contribution is 5.81. The number of likely N-dealkylation sites (tertiary alicyclic amines) is 1. The largest absolute Gasteiger partial charge is 0.344 e. The Morgan fingerprint density at radius 1 is 1.40 bits per heavy atom. The minimum atomic E-state index is 0.0840. The lowest BCUT2D eigenvalue weighted by molar-refractivity contribution is -0.134. The fraction of sp³-hybridized carbons (Fsp3) is 0.692. The third-order valence-electron chi connectivity index (χ3n) is 4.25. The zero-order chi connectivity index (χ0) is 14.1. The van der Waals surface area contributed by atoms with Gasteiger partial charge in [-0.25, -0.2) is 4.98 Å². The van der Waals surface area contributed by atoms with Gasteiger partial charge in [-0.1, -0.05) is 0 Å². The summed E-state index contributed by atoms with van der Waals surface area (Å²) in [5, 5.41) is 4.00. The van der Waals surface area contributed by atoms with E-state index in [0.717, 1.165) is 12.8 Å². The lowest BCUT2D eigenvalue weighted by atomic mass is 10.1. The van der Waals surface area contributed by atoms with Gasteiger partial charge in [0.2, 0.25) is 11.8 Å². The number of hydrogen-bond donors (Lipinski definition) is 0. The zero-order valence-corrected chi connectivity index (χ0v) is 11.6. The van der Waals surface area contributed by atoms with Gasteiger partial charge in [-0.3, -0.25) is 14.3 Å². The molecule has 3 rings (SSSR count). The number of amides is 2. The van der Waals surface area contributed by atoms with E-state index in [2.05, 4.69) is 10.1 Å². The van der Waals surface area contributed by atoms with Crippen LogP contribution in [-0.4, -0.2) is 62.1 Å². The molecule has 0 N–H and O–H groups in total. The second kappa shape index (κ2) is 5.22. The minimum Gasteiger partial charge on any atom is -0.344 e. The van der Waals surface area contributed by atoms with Crippen molar-refractivity contribution in [2.75, 3.05) is 13.6 Å². The third-order valence-corrected chi connectivity index (χ3v) is 4.25. The Bertz CT molecular complexity index is 501. The quantitative estimate of drug-likeness (QED) is 0.773. The number of carbonyl (C=O) groups excluding carboxylic acids is 2. The Kier molecular flexibility index (Phi) is 3.42. The maximum absolute atomic E-state index is 12.5. The highest BCUT2D eigenvalue weighted by Crippen LogP contribution is 2.30. The van der Waals surface area contributed by atoms with E-state index in [1.54, 1.807) is 15.9 Å². The van der Waals surface area contributed by atoms with E-state index in [-0.39, 0.29) is 23.9 Å². The predicted molar refractivity (Wildman–Crippen MR) is 70.5 cm³/mol. The molecule has 2 aliphatic rings. The van der Waals surface area contributed by atoms with Crippen LogP contribution >= 0.6 is 0 Å². The van der Waals surface area contributed by atoms with Crippen molar-refractivity contribution in [1.29, 1.82) is 0 Å². The van der Waals surface area contributed by atoms with Crippen molar-refractivity contribution in [3.63, 3.8) is 0 Å². The van der Waals surface area contributed by atoms with Gasteiger partial charge in [0.15, 0.2) is 0 Å². The van der Waals surface area contributed by atoms with Gasteiger partial charge in [-0.05, 0) is 12.8 Å². The average Bonchev–Trinajstić information content (AvgIpc) is 3.03. The molecule has 2 amide bonds. The molecule has 1 aromatic heterocycles. The Morgan fingerprint density at radius 2 is 2.20 bits per heavy atom. The average molecular weight is 277 g/mol. The standard InChI is InChI=1S/C13H19N5O2/c1-16-7-11-3-2-10(6-13(16)20)18(11)12(19)4-5-17-9-14-8-15-17/h8-11H,2-7H2,1H3/t10-,11+/m1/s1. The first-order valence-electron chi connectivity index (χ1n) is 7.02. The summed E-state index contributed by atoms with van der Waals surface area (Å²) in [6, 6.07) is 0.264. The van der Waals surface area contributed by atoms with Crippen molar-refractivity contribution in [1.82, 2.24) is 24.6 Å². The van der Waals surface area contributed by atoms with Crippen LogP contribution in [0.3, 0.4) is 0 Å². The molecule has 0 spiro atoms. The number of fused-ring (bicyclic) bond motifs is 2. The lowest BCUT2D eigenvalue weighted by Crippen LogP contribution is -2.43. The summed E-state index contributed by atoms with van der Waals surface area (Å²) >= 11 is 0.